The molecule has 0 aromatic carbocycles. The number of rotatable bonds is 11. The van der Waals surface area contributed by atoms with E-state index in [-0.39, 0.29) is 12.2 Å². The first-order valence-corrected chi connectivity index (χ1v) is 8.49. The van der Waals surface area contributed by atoms with E-state index in [9.17, 15) is 9.59 Å². The molecule has 1 N–H and O–H groups in total. The highest BCUT2D eigenvalue weighted by Crippen LogP contribution is 2.11. The highest BCUT2D eigenvalue weighted by Gasteiger charge is 2.22. The molecule has 0 aliphatic heterocycles. The molecule has 1 atom stereocenters. The van der Waals surface area contributed by atoms with Gasteiger partial charge in [-0.3, -0.25) is 4.79 Å². The van der Waals surface area contributed by atoms with E-state index in [1.807, 2.05) is 0 Å². The zero-order valence-corrected chi connectivity index (χ0v) is 15.0. The van der Waals surface area contributed by atoms with E-state index in [1.165, 1.54) is 32.6 Å². The molecule has 0 saturated heterocycles. The SMILES string of the molecule is [2H]C([2H])(C)C(NC(=O)OC(C)(C)C)C(=O)CCCCCCCCC. The van der Waals surface area contributed by atoms with Crippen LogP contribution >= 0.6 is 0 Å². The van der Waals surface area contributed by atoms with Crippen molar-refractivity contribution in [3.05, 3.63) is 0 Å². The fourth-order valence-corrected chi connectivity index (χ4v) is 2.14. The Morgan fingerprint density at radius 2 is 1.59 bits per heavy atom. The molecule has 130 valence electrons. The van der Waals surface area contributed by atoms with Crippen LogP contribution in [0.1, 0.15) is 95.1 Å². The summed E-state index contributed by atoms with van der Waals surface area (Å²) in [5.41, 5.74) is -0.684. The highest BCUT2D eigenvalue weighted by molar-refractivity contribution is 5.87. The van der Waals surface area contributed by atoms with Crippen molar-refractivity contribution in [1.29, 1.82) is 0 Å². The number of ether oxygens (including phenoxy) is 1. The Balaban J connectivity index is 4.35. The van der Waals surface area contributed by atoms with Crippen LogP contribution in [0.5, 0.6) is 0 Å². The smallest absolute Gasteiger partial charge is 0.408 e. The summed E-state index contributed by atoms with van der Waals surface area (Å²) in [5.74, 6) is -0.276. The van der Waals surface area contributed by atoms with Crippen molar-refractivity contribution < 1.29 is 17.1 Å². The summed E-state index contributed by atoms with van der Waals surface area (Å²) in [6.45, 7) is 8.65. The van der Waals surface area contributed by atoms with Crippen molar-refractivity contribution in [2.75, 3.05) is 0 Å². The van der Waals surface area contributed by atoms with Gasteiger partial charge in [-0.05, 0) is 33.6 Å². The molecule has 0 radical (unpaired) electrons. The second kappa shape index (κ2) is 11.5. The molecule has 0 bridgehead atoms. The molecule has 0 spiro atoms. The standard InChI is InChI=1S/C18H35NO3/c1-6-8-9-10-11-12-13-14-16(20)15(7-2)19-17(21)22-18(3,4)5/h15H,6-14H2,1-5H3,(H,19,21)/i7D2. The number of carbonyl (C=O) groups excluding carboxylic acids is 2. The van der Waals surface area contributed by atoms with E-state index < -0.39 is 24.1 Å². The Kier molecular flexibility index (Phi) is 9.04. The molecule has 1 unspecified atom stereocenters. The summed E-state index contributed by atoms with van der Waals surface area (Å²) in [6.07, 6.45) is 5.34. The van der Waals surface area contributed by atoms with Crippen molar-refractivity contribution in [2.24, 2.45) is 0 Å². The number of alkyl carbamates (subject to hydrolysis) is 1. The Morgan fingerprint density at radius 1 is 1.05 bits per heavy atom. The van der Waals surface area contributed by atoms with E-state index in [4.69, 9.17) is 7.48 Å². The normalized spacial score (nSPS) is 14.8. The molecule has 0 heterocycles. The van der Waals surface area contributed by atoms with Gasteiger partial charge in [0, 0.05) is 9.16 Å². The number of hydrogen-bond donors (Lipinski definition) is 1. The van der Waals surface area contributed by atoms with Crippen molar-refractivity contribution in [1.82, 2.24) is 5.32 Å². The second-order valence-corrected chi connectivity index (χ2v) is 6.71. The quantitative estimate of drug-likeness (QED) is 0.546. The summed E-state index contributed by atoms with van der Waals surface area (Å²) in [7, 11) is 0. The monoisotopic (exact) mass is 315 g/mol. The third-order valence-electron chi connectivity index (χ3n) is 3.30. The van der Waals surface area contributed by atoms with Gasteiger partial charge in [0.1, 0.15) is 5.60 Å². The topological polar surface area (TPSA) is 55.4 Å². The van der Waals surface area contributed by atoms with Crippen LogP contribution < -0.4 is 5.32 Å². The highest BCUT2D eigenvalue weighted by atomic mass is 16.6. The van der Waals surface area contributed by atoms with Gasteiger partial charge in [-0.1, -0.05) is 52.4 Å². The lowest BCUT2D eigenvalue weighted by Crippen LogP contribution is -2.43. The number of hydrogen-bond acceptors (Lipinski definition) is 3. The number of nitrogens with one attached hydrogen (secondary N) is 1. The fraction of sp³-hybridized carbons (Fsp3) is 0.889. The predicted octanol–water partition coefficient (Wildman–Crippen LogP) is 5.00. The fourth-order valence-electron chi connectivity index (χ4n) is 2.14. The van der Waals surface area contributed by atoms with E-state index in [2.05, 4.69) is 12.2 Å². The molecule has 22 heavy (non-hydrogen) atoms. The predicted molar refractivity (Wildman–Crippen MR) is 91.1 cm³/mol. The number of ketones is 1. The maximum atomic E-state index is 12.3. The van der Waals surface area contributed by atoms with Gasteiger partial charge in [-0.25, -0.2) is 4.79 Å². The molecule has 0 aromatic heterocycles. The lowest BCUT2D eigenvalue weighted by atomic mass is 10.0. The van der Waals surface area contributed by atoms with Gasteiger partial charge in [0.25, 0.3) is 0 Å². The molecule has 1 amide bonds. The third kappa shape index (κ3) is 11.6. The number of Topliss-reactive ketones (excluding diaryl/α,β-unsaturated/α-hetero) is 1. The number of amides is 1. The molecule has 0 aromatic rings. The molecule has 0 rings (SSSR count). The first-order chi connectivity index (χ1) is 11.0. The van der Waals surface area contributed by atoms with Crippen molar-refractivity contribution in [2.45, 2.75) is 104 Å². The minimum Gasteiger partial charge on any atom is -0.444 e. The first kappa shape index (κ1) is 17.3. The minimum atomic E-state index is -1.82. The van der Waals surface area contributed by atoms with E-state index >= 15 is 0 Å². The van der Waals surface area contributed by atoms with Gasteiger partial charge >= 0.3 is 6.09 Å². The Morgan fingerprint density at radius 3 is 2.09 bits per heavy atom. The summed E-state index contributed by atoms with van der Waals surface area (Å²) in [6, 6.07) is -1.17. The third-order valence-corrected chi connectivity index (χ3v) is 3.30. The van der Waals surface area contributed by atoms with Crippen LogP contribution in [0, 0.1) is 0 Å². The van der Waals surface area contributed by atoms with Crippen molar-refractivity contribution in [3.8, 4) is 0 Å². The number of unbranched alkanes of at least 4 members (excludes halogenated alkanes) is 6. The molecule has 4 heteroatoms. The summed E-state index contributed by atoms with van der Waals surface area (Å²) >= 11 is 0. The molecular weight excluding hydrogens is 278 g/mol. The van der Waals surface area contributed by atoms with Crippen LogP contribution in [0.3, 0.4) is 0 Å². The van der Waals surface area contributed by atoms with Crippen LogP contribution in [0.4, 0.5) is 4.79 Å². The molecule has 0 aliphatic carbocycles. The van der Waals surface area contributed by atoms with Gasteiger partial charge in [-0.2, -0.15) is 0 Å². The average Bonchev–Trinajstić information content (AvgIpc) is 2.40. The van der Waals surface area contributed by atoms with Gasteiger partial charge < -0.3 is 10.1 Å². The molecule has 4 nitrogen and oxygen atoms in total. The zero-order chi connectivity index (χ0) is 18.8. The zero-order valence-electron chi connectivity index (χ0n) is 17.0. The maximum absolute atomic E-state index is 12.3. The van der Waals surface area contributed by atoms with Gasteiger partial charge in [-0.15, -0.1) is 0 Å². The second-order valence-electron chi connectivity index (χ2n) is 6.71. The van der Waals surface area contributed by atoms with Crippen LogP contribution in [0.2, 0.25) is 0 Å². The first-order valence-electron chi connectivity index (χ1n) is 9.49. The molecular formula is C18H35NO3. The Hall–Kier alpha value is -1.06. The molecule has 0 saturated carbocycles. The molecule has 0 fully saturated rings. The average molecular weight is 315 g/mol. The van der Waals surface area contributed by atoms with Crippen LogP contribution in [-0.2, 0) is 9.53 Å². The lowest BCUT2D eigenvalue weighted by Gasteiger charge is -2.22. The largest absolute Gasteiger partial charge is 0.444 e. The van der Waals surface area contributed by atoms with Crippen LogP contribution in [0.15, 0.2) is 0 Å². The van der Waals surface area contributed by atoms with E-state index in [0.717, 1.165) is 19.3 Å². The van der Waals surface area contributed by atoms with Crippen molar-refractivity contribution >= 4 is 11.9 Å². The summed E-state index contributed by atoms with van der Waals surface area (Å²) in [5, 5.41) is 2.40. The van der Waals surface area contributed by atoms with Gasteiger partial charge in [0.2, 0.25) is 0 Å². The minimum absolute atomic E-state index is 0.276. The maximum Gasteiger partial charge on any atom is 0.408 e. The Bertz CT molecular complexity index is 387. The van der Waals surface area contributed by atoms with Gasteiger partial charge in [0.05, 0.1) is 6.04 Å². The van der Waals surface area contributed by atoms with Gasteiger partial charge in [0.15, 0.2) is 5.78 Å². The Labute approximate surface area is 139 Å². The van der Waals surface area contributed by atoms with Crippen molar-refractivity contribution in [3.63, 3.8) is 0 Å². The van der Waals surface area contributed by atoms with E-state index in [1.54, 1.807) is 20.8 Å². The summed E-state index contributed by atoms with van der Waals surface area (Å²) < 4.78 is 20.7. The van der Waals surface area contributed by atoms with E-state index in [0.29, 0.717) is 0 Å². The lowest BCUT2D eigenvalue weighted by molar-refractivity contribution is -0.121. The summed E-state index contributed by atoms with van der Waals surface area (Å²) in [4.78, 5) is 24.2. The van der Waals surface area contributed by atoms with Crippen LogP contribution in [0.25, 0.3) is 0 Å². The number of carbonyl (C=O) groups is 2. The molecule has 0 aliphatic rings. The van der Waals surface area contributed by atoms with Crippen LogP contribution in [-0.4, -0.2) is 23.5 Å².